The van der Waals surface area contributed by atoms with Crippen molar-refractivity contribution in [2.75, 3.05) is 26.0 Å². The second kappa shape index (κ2) is 6.01. The van der Waals surface area contributed by atoms with Crippen LogP contribution in [0.4, 0.5) is 0 Å². The number of carbonyl (C=O) groups is 1. The van der Waals surface area contributed by atoms with Gasteiger partial charge in [0, 0.05) is 26.0 Å². The van der Waals surface area contributed by atoms with Crippen molar-refractivity contribution in [1.29, 1.82) is 0 Å². The molecule has 1 amide bonds. The van der Waals surface area contributed by atoms with Gasteiger partial charge in [-0.1, -0.05) is 6.07 Å². The number of benzene rings is 1. The van der Waals surface area contributed by atoms with Gasteiger partial charge in [0.2, 0.25) is 0 Å². The summed E-state index contributed by atoms with van der Waals surface area (Å²) in [6.45, 7) is 1.96. The number of nitrogens with zero attached hydrogens (tertiary/aromatic N) is 1. The van der Waals surface area contributed by atoms with Crippen LogP contribution in [0.1, 0.15) is 24.0 Å². The molecule has 1 saturated heterocycles. The Kier molecular flexibility index (Phi) is 4.23. The van der Waals surface area contributed by atoms with Crippen molar-refractivity contribution in [2.24, 2.45) is 0 Å². The zero-order valence-electron chi connectivity index (χ0n) is 12.7. The Bertz CT molecular complexity index is 677. The van der Waals surface area contributed by atoms with Crippen molar-refractivity contribution >= 4 is 15.7 Å². The van der Waals surface area contributed by atoms with E-state index in [0.29, 0.717) is 31.0 Å². The first kappa shape index (κ1) is 15.5. The van der Waals surface area contributed by atoms with Gasteiger partial charge in [0.25, 0.3) is 5.91 Å². The van der Waals surface area contributed by atoms with Crippen LogP contribution in [0.3, 0.4) is 0 Å². The predicted molar refractivity (Wildman–Crippen MR) is 82.5 cm³/mol. The van der Waals surface area contributed by atoms with Crippen molar-refractivity contribution in [3.05, 3.63) is 29.3 Å². The molecule has 0 aromatic heterocycles. The fourth-order valence-corrected chi connectivity index (χ4v) is 3.80. The molecule has 5 nitrogen and oxygen atoms in total. The summed E-state index contributed by atoms with van der Waals surface area (Å²) in [5, 5.41) is 0. The van der Waals surface area contributed by atoms with E-state index in [4.69, 9.17) is 4.74 Å². The lowest BCUT2D eigenvalue weighted by Gasteiger charge is -2.23. The Hall–Kier alpha value is -1.40. The zero-order valence-corrected chi connectivity index (χ0v) is 13.6. The third-order valence-electron chi connectivity index (χ3n) is 4.42. The van der Waals surface area contributed by atoms with E-state index in [9.17, 15) is 13.2 Å². The highest BCUT2D eigenvalue weighted by molar-refractivity contribution is 7.90. The van der Waals surface area contributed by atoms with Gasteiger partial charge in [0.1, 0.15) is 6.10 Å². The molecule has 120 valence electrons. The largest absolute Gasteiger partial charge is 0.368 e. The fourth-order valence-electron chi connectivity index (χ4n) is 3.13. The van der Waals surface area contributed by atoms with Gasteiger partial charge in [-0.15, -0.1) is 0 Å². The SMILES string of the molecule is CS(=O)(=O)c1ccc2c(c1)CCN(C(=O)[C@@H]1CCCO1)CC2. The lowest BCUT2D eigenvalue weighted by atomic mass is 10.0. The van der Waals surface area contributed by atoms with Crippen LogP contribution in [-0.2, 0) is 32.2 Å². The van der Waals surface area contributed by atoms with Crippen molar-refractivity contribution in [3.8, 4) is 0 Å². The predicted octanol–water partition coefficient (Wildman–Crippen LogP) is 1.20. The molecule has 0 unspecified atom stereocenters. The lowest BCUT2D eigenvalue weighted by molar-refractivity contribution is -0.140. The zero-order chi connectivity index (χ0) is 15.7. The molecule has 0 spiro atoms. The van der Waals surface area contributed by atoms with Gasteiger partial charge in [0.15, 0.2) is 9.84 Å². The van der Waals surface area contributed by atoms with Crippen molar-refractivity contribution in [3.63, 3.8) is 0 Å². The van der Waals surface area contributed by atoms with Crippen LogP contribution in [0.5, 0.6) is 0 Å². The summed E-state index contributed by atoms with van der Waals surface area (Å²) in [4.78, 5) is 14.6. The summed E-state index contributed by atoms with van der Waals surface area (Å²) in [6.07, 6.45) is 4.14. The minimum absolute atomic E-state index is 0.0774. The van der Waals surface area contributed by atoms with E-state index in [1.165, 1.54) is 6.26 Å². The molecule has 0 saturated carbocycles. The average Bonchev–Trinajstić information content (AvgIpc) is 2.92. The number of hydrogen-bond acceptors (Lipinski definition) is 4. The summed E-state index contributed by atoms with van der Waals surface area (Å²) >= 11 is 0. The number of ether oxygens (including phenoxy) is 1. The summed E-state index contributed by atoms with van der Waals surface area (Å²) in [7, 11) is -3.19. The van der Waals surface area contributed by atoms with Gasteiger partial charge in [-0.05, 0) is 48.9 Å². The van der Waals surface area contributed by atoms with Crippen LogP contribution in [0.25, 0.3) is 0 Å². The van der Waals surface area contributed by atoms with E-state index < -0.39 is 9.84 Å². The average molecular weight is 323 g/mol. The Morgan fingerprint density at radius 1 is 1.23 bits per heavy atom. The molecule has 0 aliphatic carbocycles. The van der Waals surface area contributed by atoms with Crippen molar-refractivity contribution < 1.29 is 17.9 Å². The van der Waals surface area contributed by atoms with Crippen LogP contribution < -0.4 is 0 Å². The van der Waals surface area contributed by atoms with E-state index >= 15 is 0 Å². The highest BCUT2D eigenvalue weighted by Gasteiger charge is 2.29. The quantitative estimate of drug-likeness (QED) is 0.820. The maximum atomic E-state index is 12.4. The lowest BCUT2D eigenvalue weighted by Crippen LogP contribution is -2.40. The second-order valence-corrected chi connectivity index (χ2v) is 8.05. The molecule has 2 aliphatic rings. The molecule has 1 atom stereocenters. The maximum Gasteiger partial charge on any atom is 0.251 e. The van der Waals surface area contributed by atoms with Crippen LogP contribution in [-0.4, -0.2) is 51.3 Å². The summed E-state index contributed by atoms with van der Waals surface area (Å²) in [5.74, 6) is 0.0774. The molecule has 1 aromatic rings. The van der Waals surface area contributed by atoms with Gasteiger partial charge in [0.05, 0.1) is 4.90 Å². The highest BCUT2D eigenvalue weighted by Crippen LogP contribution is 2.22. The first-order valence-corrected chi connectivity index (χ1v) is 9.56. The maximum absolute atomic E-state index is 12.4. The Morgan fingerprint density at radius 3 is 2.59 bits per heavy atom. The minimum Gasteiger partial charge on any atom is -0.368 e. The summed E-state index contributed by atoms with van der Waals surface area (Å²) in [5.41, 5.74) is 2.17. The first-order valence-electron chi connectivity index (χ1n) is 7.67. The standard InChI is InChI=1S/C16H21NO4S/c1-22(19,20)14-5-4-12-6-8-17(9-7-13(12)11-14)16(18)15-3-2-10-21-15/h4-5,11,15H,2-3,6-10H2,1H3/t15-/m0/s1. The molecular weight excluding hydrogens is 302 g/mol. The number of rotatable bonds is 2. The third kappa shape index (κ3) is 3.17. The van der Waals surface area contributed by atoms with Gasteiger partial charge in [-0.3, -0.25) is 4.79 Å². The van der Waals surface area contributed by atoms with Crippen molar-refractivity contribution in [2.45, 2.75) is 36.7 Å². The smallest absolute Gasteiger partial charge is 0.251 e. The van der Waals surface area contributed by atoms with E-state index in [1.54, 1.807) is 12.1 Å². The number of carbonyl (C=O) groups excluding carboxylic acids is 1. The molecule has 0 radical (unpaired) electrons. The fraction of sp³-hybridized carbons (Fsp3) is 0.562. The van der Waals surface area contributed by atoms with Crippen LogP contribution in [0.15, 0.2) is 23.1 Å². The number of fused-ring (bicyclic) bond motifs is 1. The Labute approximate surface area is 131 Å². The first-order chi connectivity index (χ1) is 10.4. The van der Waals surface area contributed by atoms with Crippen LogP contribution >= 0.6 is 0 Å². The molecule has 1 fully saturated rings. The van der Waals surface area contributed by atoms with Crippen LogP contribution in [0, 0.1) is 0 Å². The third-order valence-corrected chi connectivity index (χ3v) is 5.54. The topological polar surface area (TPSA) is 63.7 Å². The van der Waals surface area contributed by atoms with Gasteiger partial charge in [-0.25, -0.2) is 8.42 Å². The number of sulfone groups is 1. The minimum atomic E-state index is -3.19. The molecule has 0 bridgehead atoms. The van der Waals surface area contributed by atoms with Gasteiger partial charge < -0.3 is 9.64 Å². The molecule has 0 N–H and O–H groups in total. The summed E-state index contributed by atoms with van der Waals surface area (Å²) in [6, 6.07) is 5.29. The van der Waals surface area contributed by atoms with E-state index in [0.717, 1.165) is 30.4 Å². The molecule has 6 heteroatoms. The van der Waals surface area contributed by atoms with Crippen molar-refractivity contribution in [1.82, 2.24) is 4.90 Å². The number of amides is 1. The van der Waals surface area contributed by atoms with E-state index in [-0.39, 0.29) is 12.0 Å². The monoisotopic (exact) mass is 323 g/mol. The summed E-state index contributed by atoms with van der Waals surface area (Å²) < 4.78 is 28.8. The number of hydrogen-bond donors (Lipinski definition) is 0. The Balaban J connectivity index is 1.76. The molecule has 3 rings (SSSR count). The molecule has 2 aliphatic heterocycles. The molecular formula is C16H21NO4S. The molecule has 22 heavy (non-hydrogen) atoms. The molecule has 1 aromatic carbocycles. The van der Waals surface area contributed by atoms with E-state index in [2.05, 4.69) is 0 Å². The molecule has 2 heterocycles. The Morgan fingerprint density at radius 2 is 1.95 bits per heavy atom. The normalized spacial score (nSPS) is 22.2. The van der Waals surface area contributed by atoms with Crippen LogP contribution in [0.2, 0.25) is 0 Å². The second-order valence-electron chi connectivity index (χ2n) is 6.03. The highest BCUT2D eigenvalue weighted by atomic mass is 32.2. The van der Waals surface area contributed by atoms with E-state index in [1.807, 2.05) is 11.0 Å². The van der Waals surface area contributed by atoms with Gasteiger partial charge >= 0.3 is 0 Å². The van der Waals surface area contributed by atoms with Gasteiger partial charge in [-0.2, -0.15) is 0 Å².